The maximum absolute atomic E-state index is 12.7. The number of methoxy groups -OCH3 is 2. The maximum Gasteiger partial charge on any atom is 0.240 e. The van der Waals surface area contributed by atoms with Gasteiger partial charge in [-0.25, -0.2) is 0 Å². The molecule has 0 aliphatic heterocycles. The van der Waals surface area contributed by atoms with Crippen molar-refractivity contribution in [3.05, 3.63) is 48.5 Å². The zero-order valence-electron chi connectivity index (χ0n) is 14.2. The number of rotatable bonds is 6. The van der Waals surface area contributed by atoms with Crippen molar-refractivity contribution in [1.29, 1.82) is 0 Å². The van der Waals surface area contributed by atoms with E-state index < -0.39 is 5.41 Å². The quantitative estimate of drug-likeness (QED) is 0.793. The van der Waals surface area contributed by atoms with Crippen LogP contribution in [0.25, 0.3) is 0 Å². The molecule has 1 fully saturated rings. The van der Waals surface area contributed by atoms with Crippen molar-refractivity contribution >= 4 is 23.2 Å². The first-order chi connectivity index (χ1) is 12.1. The van der Waals surface area contributed by atoms with Gasteiger partial charge in [-0.1, -0.05) is 18.2 Å². The van der Waals surface area contributed by atoms with E-state index in [1.165, 1.54) is 7.11 Å². The number of hydrogen-bond donors (Lipinski definition) is 2. The van der Waals surface area contributed by atoms with Gasteiger partial charge in [-0.05, 0) is 37.1 Å². The Morgan fingerprint density at radius 2 is 1.64 bits per heavy atom. The summed E-state index contributed by atoms with van der Waals surface area (Å²) in [5, 5.41) is 5.61. The van der Waals surface area contributed by atoms with E-state index in [9.17, 15) is 9.59 Å². The van der Waals surface area contributed by atoms with Crippen LogP contribution in [0.4, 0.5) is 11.4 Å². The van der Waals surface area contributed by atoms with Crippen LogP contribution in [0.3, 0.4) is 0 Å². The van der Waals surface area contributed by atoms with Crippen molar-refractivity contribution in [1.82, 2.24) is 0 Å². The predicted molar refractivity (Wildman–Crippen MR) is 94.9 cm³/mol. The zero-order chi connectivity index (χ0) is 17.9. The number of benzene rings is 2. The third-order valence-electron chi connectivity index (χ3n) is 4.30. The third-order valence-corrected chi connectivity index (χ3v) is 4.30. The number of hydrogen-bond acceptors (Lipinski definition) is 4. The fourth-order valence-electron chi connectivity index (χ4n) is 2.62. The molecule has 0 aromatic heterocycles. The molecule has 2 aromatic rings. The Hall–Kier alpha value is -3.02. The molecule has 2 aromatic carbocycles. The van der Waals surface area contributed by atoms with Crippen molar-refractivity contribution in [3.63, 3.8) is 0 Å². The monoisotopic (exact) mass is 340 g/mol. The van der Waals surface area contributed by atoms with E-state index in [4.69, 9.17) is 9.47 Å². The summed E-state index contributed by atoms with van der Waals surface area (Å²) in [6.07, 6.45) is 1.04. The summed E-state index contributed by atoms with van der Waals surface area (Å²) in [6, 6.07) is 14.2. The Morgan fingerprint density at radius 1 is 0.920 bits per heavy atom. The normalized spacial score (nSPS) is 14.3. The molecule has 1 saturated carbocycles. The highest BCUT2D eigenvalue weighted by Gasteiger charge is 2.56. The largest absolute Gasteiger partial charge is 0.497 e. The first-order valence-electron chi connectivity index (χ1n) is 7.99. The molecule has 1 aliphatic rings. The van der Waals surface area contributed by atoms with Gasteiger partial charge in [0.2, 0.25) is 11.8 Å². The van der Waals surface area contributed by atoms with Crippen molar-refractivity contribution in [3.8, 4) is 11.5 Å². The molecule has 2 amide bonds. The molecule has 6 nitrogen and oxygen atoms in total. The minimum atomic E-state index is -1.04. The molecule has 25 heavy (non-hydrogen) atoms. The fraction of sp³-hybridized carbons (Fsp3) is 0.263. The average Bonchev–Trinajstić information content (AvgIpc) is 3.44. The summed E-state index contributed by atoms with van der Waals surface area (Å²) in [7, 11) is 3.09. The van der Waals surface area contributed by atoms with Gasteiger partial charge in [0.1, 0.15) is 16.9 Å². The van der Waals surface area contributed by atoms with E-state index in [0.29, 0.717) is 35.7 Å². The van der Waals surface area contributed by atoms with Gasteiger partial charge in [0.15, 0.2) is 0 Å². The van der Waals surface area contributed by atoms with E-state index in [1.807, 2.05) is 6.07 Å². The van der Waals surface area contributed by atoms with Crippen LogP contribution in [-0.4, -0.2) is 26.0 Å². The highest BCUT2D eigenvalue weighted by molar-refractivity contribution is 6.17. The second-order valence-corrected chi connectivity index (χ2v) is 5.92. The lowest BCUT2D eigenvalue weighted by Crippen LogP contribution is -2.35. The Bertz CT molecular complexity index is 800. The van der Waals surface area contributed by atoms with E-state index in [1.54, 1.807) is 49.6 Å². The standard InChI is InChI=1S/C19H20N2O4/c1-24-14-7-5-6-13(12-14)20-17(22)19(10-11-19)18(23)21-15-8-3-4-9-16(15)25-2/h3-9,12H,10-11H2,1-2H3,(H,20,22)(H,21,23). The van der Waals surface area contributed by atoms with Crippen molar-refractivity contribution < 1.29 is 19.1 Å². The first kappa shape index (κ1) is 16.8. The minimum Gasteiger partial charge on any atom is -0.497 e. The smallest absolute Gasteiger partial charge is 0.240 e. The van der Waals surface area contributed by atoms with Crippen LogP contribution in [0.15, 0.2) is 48.5 Å². The predicted octanol–water partition coefficient (Wildman–Crippen LogP) is 3.06. The van der Waals surface area contributed by atoms with Crippen molar-refractivity contribution in [2.45, 2.75) is 12.8 Å². The maximum atomic E-state index is 12.7. The van der Waals surface area contributed by atoms with Gasteiger partial charge in [0.05, 0.1) is 19.9 Å². The number of anilines is 2. The van der Waals surface area contributed by atoms with Gasteiger partial charge in [-0.15, -0.1) is 0 Å². The third kappa shape index (κ3) is 3.42. The lowest BCUT2D eigenvalue weighted by Gasteiger charge is -2.17. The summed E-state index contributed by atoms with van der Waals surface area (Å²) >= 11 is 0. The molecule has 0 atom stereocenters. The summed E-state index contributed by atoms with van der Waals surface area (Å²) in [5.74, 6) is 0.562. The highest BCUT2D eigenvalue weighted by Crippen LogP contribution is 2.48. The van der Waals surface area contributed by atoms with E-state index in [2.05, 4.69) is 10.6 Å². The van der Waals surface area contributed by atoms with Crippen LogP contribution in [-0.2, 0) is 9.59 Å². The lowest BCUT2D eigenvalue weighted by atomic mass is 10.0. The molecule has 0 bridgehead atoms. The number of amides is 2. The van der Waals surface area contributed by atoms with Crippen LogP contribution >= 0.6 is 0 Å². The molecular weight excluding hydrogens is 320 g/mol. The van der Waals surface area contributed by atoms with Crippen molar-refractivity contribution in [2.75, 3.05) is 24.9 Å². The topological polar surface area (TPSA) is 76.7 Å². The molecule has 2 N–H and O–H groups in total. The Morgan fingerprint density at radius 3 is 2.32 bits per heavy atom. The van der Waals surface area contributed by atoms with Crippen LogP contribution < -0.4 is 20.1 Å². The molecule has 0 saturated heterocycles. The minimum absolute atomic E-state index is 0.312. The molecular formula is C19H20N2O4. The van der Waals surface area contributed by atoms with Gasteiger partial charge in [-0.2, -0.15) is 0 Å². The van der Waals surface area contributed by atoms with E-state index in [-0.39, 0.29) is 11.8 Å². The van der Waals surface area contributed by atoms with Gasteiger partial charge >= 0.3 is 0 Å². The van der Waals surface area contributed by atoms with E-state index >= 15 is 0 Å². The molecule has 3 rings (SSSR count). The van der Waals surface area contributed by atoms with E-state index in [0.717, 1.165) is 0 Å². The van der Waals surface area contributed by atoms with Gasteiger partial charge in [0.25, 0.3) is 0 Å². The summed E-state index contributed by atoms with van der Waals surface area (Å²) < 4.78 is 10.4. The van der Waals surface area contributed by atoms with Gasteiger partial charge in [-0.3, -0.25) is 9.59 Å². The lowest BCUT2D eigenvalue weighted by molar-refractivity contribution is -0.131. The van der Waals surface area contributed by atoms with Crippen LogP contribution in [0, 0.1) is 5.41 Å². The Balaban J connectivity index is 1.72. The molecule has 0 spiro atoms. The molecule has 0 heterocycles. The summed E-state index contributed by atoms with van der Waals surface area (Å²) in [4.78, 5) is 25.3. The van der Waals surface area contributed by atoms with Crippen LogP contribution in [0.5, 0.6) is 11.5 Å². The summed E-state index contributed by atoms with van der Waals surface area (Å²) in [5.41, 5.74) is 0.111. The molecule has 1 aliphatic carbocycles. The molecule has 0 unspecified atom stereocenters. The molecule has 130 valence electrons. The van der Waals surface area contributed by atoms with Gasteiger partial charge in [0, 0.05) is 11.8 Å². The number of para-hydroxylation sites is 2. The number of ether oxygens (including phenoxy) is 2. The Kier molecular flexibility index (Phi) is 4.61. The second kappa shape index (κ2) is 6.84. The fourth-order valence-corrected chi connectivity index (χ4v) is 2.62. The SMILES string of the molecule is COc1cccc(NC(=O)C2(C(=O)Nc3ccccc3OC)CC2)c1. The van der Waals surface area contributed by atoms with Gasteiger partial charge < -0.3 is 20.1 Å². The second-order valence-electron chi connectivity index (χ2n) is 5.92. The van der Waals surface area contributed by atoms with Crippen molar-refractivity contribution in [2.24, 2.45) is 5.41 Å². The first-order valence-corrected chi connectivity index (χ1v) is 7.99. The number of carbonyl (C=O) groups excluding carboxylic acids is 2. The number of nitrogens with one attached hydrogen (secondary N) is 2. The molecule has 0 radical (unpaired) electrons. The Labute approximate surface area is 146 Å². The zero-order valence-corrected chi connectivity index (χ0v) is 14.2. The molecule has 6 heteroatoms. The van der Waals surface area contributed by atoms with Crippen LogP contribution in [0.1, 0.15) is 12.8 Å². The summed E-state index contributed by atoms with van der Waals surface area (Å²) in [6.45, 7) is 0. The van der Waals surface area contributed by atoms with Crippen LogP contribution in [0.2, 0.25) is 0 Å². The average molecular weight is 340 g/mol. The highest BCUT2D eigenvalue weighted by atomic mass is 16.5. The number of carbonyl (C=O) groups is 2.